The number of anilines is 1. The standard InChI is InChI=1S/C11H15N3O3S/c1-6-4-14(5-8(6)9(15)16)11(17)13-10-12-3-7(2)18-10/h3,6,8H,4-5H2,1-2H3,(H,15,16)(H,12,13,17)/t6-,8-/m1/s1. The predicted octanol–water partition coefficient (Wildman–Crippen LogP) is 1.64. The third-order valence-corrected chi connectivity index (χ3v) is 3.88. The zero-order valence-electron chi connectivity index (χ0n) is 10.2. The van der Waals surface area contributed by atoms with Crippen LogP contribution in [-0.2, 0) is 4.79 Å². The largest absolute Gasteiger partial charge is 0.481 e. The molecule has 6 nitrogen and oxygen atoms in total. The highest BCUT2D eigenvalue weighted by molar-refractivity contribution is 7.15. The molecule has 0 aromatic carbocycles. The third kappa shape index (κ3) is 2.61. The summed E-state index contributed by atoms with van der Waals surface area (Å²) in [4.78, 5) is 29.5. The zero-order chi connectivity index (χ0) is 13.3. The topological polar surface area (TPSA) is 82.5 Å². The first-order valence-corrected chi connectivity index (χ1v) is 6.50. The summed E-state index contributed by atoms with van der Waals surface area (Å²) >= 11 is 1.40. The van der Waals surface area contributed by atoms with Crippen LogP contribution in [0.3, 0.4) is 0 Å². The molecule has 7 heteroatoms. The van der Waals surface area contributed by atoms with E-state index < -0.39 is 11.9 Å². The first-order valence-electron chi connectivity index (χ1n) is 5.68. The molecule has 2 atom stereocenters. The lowest BCUT2D eigenvalue weighted by Crippen LogP contribution is -2.33. The molecule has 0 unspecified atom stereocenters. The van der Waals surface area contributed by atoms with E-state index in [1.165, 1.54) is 16.2 Å². The second-order valence-corrected chi connectivity index (χ2v) is 5.77. The Hall–Kier alpha value is -1.63. The summed E-state index contributed by atoms with van der Waals surface area (Å²) in [6.07, 6.45) is 1.69. The molecule has 2 amide bonds. The number of aromatic nitrogens is 1. The fourth-order valence-corrected chi connectivity index (χ4v) is 2.69. The number of nitrogens with zero attached hydrogens (tertiary/aromatic N) is 2. The number of aliphatic carboxylic acids is 1. The molecule has 1 saturated heterocycles. The second-order valence-electron chi connectivity index (χ2n) is 4.53. The van der Waals surface area contributed by atoms with Gasteiger partial charge >= 0.3 is 12.0 Å². The minimum Gasteiger partial charge on any atom is -0.481 e. The van der Waals surface area contributed by atoms with E-state index in [-0.39, 0.29) is 18.5 Å². The van der Waals surface area contributed by atoms with Crippen LogP contribution in [0, 0.1) is 18.8 Å². The van der Waals surface area contributed by atoms with Gasteiger partial charge in [0.05, 0.1) is 5.92 Å². The highest BCUT2D eigenvalue weighted by Crippen LogP contribution is 2.24. The lowest BCUT2D eigenvalue weighted by molar-refractivity contribution is -0.142. The molecule has 1 aliphatic heterocycles. The van der Waals surface area contributed by atoms with Crippen molar-refractivity contribution in [1.82, 2.24) is 9.88 Å². The number of carboxylic acid groups (broad SMARTS) is 1. The summed E-state index contributed by atoms with van der Waals surface area (Å²) in [5.74, 6) is -1.34. The van der Waals surface area contributed by atoms with Crippen LogP contribution in [-0.4, -0.2) is 40.1 Å². The molecule has 0 aliphatic carbocycles. The molecule has 0 spiro atoms. The number of urea groups is 1. The predicted molar refractivity (Wildman–Crippen MR) is 67.7 cm³/mol. The molecular weight excluding hydrogens is 254 g/mol. The van der Waals surface area contributed by atoms with Crippen molar-refractivity contribution in [3.63, 3.8) is 0 Å². The van der Waals surface area contributed by atoms with Gasteiger partial charge in [-0.3, -0.25) is 10.1 Å². The van der Waals surface area contributed by atoms with E-state index in [2.05, 4.69) is 10.3 Å². The van der Waals surface area contributed by atoms with E-state index in [9.17, 15) is 9.59 Å². The van der Waals surface area contributed by atoms with Gasteiger partial charge in [0.2, 0.25) is 0 Å². The van der Waals surface area contributed by atoms with Crippen molar-refractivity contribution in [2.24, 2.45) is 11.8 Å². The fraction of sp³-hybridized carbons (Fsp3) is 0.545. The Kier molecular flexibility index (Phi) is 3.51. The van der Waals surface area contributed by atoms with Crippen LogP contribution in [0.5, 0.6) is 0 Å². The average Bonchev–Trinajstić information content (AvgIpc) is 2.85. The van der Waals surface area contributed by atoms with Crippen molar-refractivity contribution in [3.8, 4) is 0 Å². The minimum absolute atomic E-state index is 0.0220. The number of likely N-dealkylation sites (tertiary alicyclic amines) is 1. The lowest BCUT2D eigenvalue weighted by atomic mass is 9.99. The Morgan fingerprint density at radius 2 is 2.28 bits per heavy atom. The molecule has 98 valence electrons. The molecule has 2 rings (SSSR count). The van der Waals surface area contributed by atoms with E-state index in [1.807, 2.05) is 13.8 Å². The van der Waals surface area contributed by atoms with E-state index >= 15 is 0 Å². The third-order valence-electron chi connectivity index (χ3n) is 3.05. The highest BCUT2D eigenvalue weighted by Gasteiger charge is 2.37. The molecule has 1 aromatic heterocycles. The summed E-state index contributed by atoms with van der Waals surface area (Å²) in [6.45, 7) is 4.48. The van der Waals surface area contributed by atoms with Crippen LogP contribution in [0.4, 0.5) is 9.93 Å². The number of thiazole rings is 1. The molecule has 18 heavy (non-hydrogen) atoms. The Morgan fingerprint density at radius 1 is 1.56 bits per heavy atom. The summed E-state index contributed by atoms with van der Waals surface area (Å²) in [6, 6.07) is -0.278. The van der Waals surface area contributed by atoms with E-state index in [0.29, 0.717) is 11.7 Å². The van der Waals surface area contributed by atoms with Gasteiger partial charge in [0, 0.05) is 24.2 Å². The van der Waals surface area contributed by atoms with Gasteiger partial charge < -0.3 is 10.0 Å². The van der Waals surface area contributed by atoms with Crippen LogP contribution >= 0.6 is 11.3 Å². The number of nitrogens with one attached hydrogen (secondary N) is 1. The second kappa shape index (κ2) is 4.93. The molecule has 1 aliphatic rings. The van der Waals surface area contributed by atoms with Gasteiger partial charge in [0.25, 0.3) is 0 Å². The number of hydrogen-bond acceptors (Lipinski definition) is 4. The quantitative estimate of drug-likeness (QED) is 0.855. The first kappa shape index (κ1) is 12.8. The summed E-state index contributed by atoms with van der Waals surface area (Å²) < 4.78 is 0. The number of carbonyl (C=O) groups excluding carboxylic acids is 1. The molecule has 2 N–H and O–H groups in total. The number of carboxylic acids is 1. The summed E-state index contributed by atoms with van der Waals surface area (Å²) in [5, 5.41) is 12.2. The average molecular weight is 269 g/mol. The van der Waals surface area contributed by atoms with Crippen LogP contribution in [0.1, 0.15) is 11.8 Å². The highest BCUT2D eigenvalue weighted by atomic mass is 32.1. The lowest BCUT2D eigenvalue weighted by Gasteiger charge is -2.15. The maximum Gasteiger partial charge on any atom is 0.323 e. The molecule has 1 fully saturated rings. The Morgan fingerprint density at radius 3 is 2.78 bits per heavy atom. The number of rotatable bonds is 2. The van der Waals surface area contributed by atoms with Gasteiger partial charge in [0.1, 0.15) is 0 Å². The molecule has 0 radical (unpaired) electrons. The smallest absolute Gasteiger partial charge is 0.323 e. The van der Waals surface area contributed by atoms with Crippen molar-refractivity contribution >= 4 is 28.5 Å². The van der Waals surface area contributed by atoms with Crippen molar-refractivity contribution in [2.45, 2.75) is 13.8 Å². The zero-order valence-corrected chi connectivity index (χ0v) is 11.0. The maximum absolute atomic E-state index is 11.9. The normalized spacial score (nSPS) is 23.1. The van der Waals surface area contributed by atoms with Crippen molar-refractivity contribution in [3.05, 3.63) is 11.1 Å². The molecule has 1 aromatic rings. The van der Waals surface area contributed by atoms with Crippen molar-refractivity contribution in [2.75, 3.05) is 18.4 Å². The maximum atomic E-state index is 11.9. The Bertz CT molecular complexity index is 474. The van der Waals surface area contributed by atoms with Gasteiger partial charge in [-0.05, 0) is 12.8 Å². The SMILES string of the molecule is Cc1cnc(NC(=O)N2C[C@@H](C)[C@H](C(=O)O)C2)s1. The monoisotopic (exact) mass is 269 g/mol. The van der Waals surface area contributed by atoms with E-state index in [4.69, 9.17) is 5.11 Å². The molecular formula is C11H15N3O3S. The van der Waals surface area contributed by atoms with Gasteiger partial charge in [-0.1, -0.05) is 6.92 Å². The first-order chi connectivity index (χ1) is 8.47. The number of aryl methyl sites for hydroxylation is 1. The molecule has 0 saturated carbocycles. The van der Waals surface area contributed by atoms with Crippen molar-refractivity contribution in [1.29, 1.82) is 0 Å². The molecule has 0 bridgehead atoms. The van der Waals surface area contributed by atoms with Crippen LogP contribution in [0.25, 0.3) is 0 Å². The van der Waals surface area contributed by atoms with E-state index in [1.54, 1.807) is 6.20 Å². The number of amides is 2. The van der Waals surface area contributed by atoms with Gasteiger partial charge in [-0.15, -0.1) is 11.3 Å². The van der Waals surface area contributed by atoms with Crippen LogP contribution in [0.2, 0.25) is 0 Å². The Balaban J connectivity index is 1.97. The van der Waals surface area contributed by atoms with E-state index in [0.717, 1.165) is 4.88 Å². The van der Waals surface area contributed by atoms with Gasteiger partial charge in [-0.25, -0.2) is 9.78 Å². The summed E-state index contributed by atoms with van der Waals surface area (Å²) in [5.41, 5.74) is 0. The van der Waals surface area contributed by atoms with Gasteiger partial charge in [-0.2, -0.15) is 0 Å². The van der Waals surface area contributed by atoms with Crippen molar-refractivity contribution < 1.29 is 14.7 Å². The van der Waals surface area contributed by atoms with Crippen LogP contribution < -0.4 is 5.32 Å². The van der Waals surface area contributed by atoms with Gasteiger partial charge in [0.15, 0.2) is 5.13 Å². The molecule has 2 heterocycles. The number of carbonyl (C=O) groups is 2. The Labute approximate surface area is 109 Å². The number of hydrogen-bond donors (Lipinski definition) is 2. The fourth-order valence-electron chi connectivity index (χ4n) is 2.04. The van der Waals surface area contributed by atoms with Crippen LogP contribution in [0.15, 0.2) is 6.20 Å². The minimum atomic E-state index is -0.845. The summed E-state index contributed by atoms with van der Waals surface area (Å²) in [7, 11) is 0.